The van der Waals surface area contributed by atoms with Crippen LogP contribution in [-0.2, 0) is 6.18 Å². The van der Waals surface area contributed by atoms with E-state index in [4.69, 9.17) is 0 Å². The zero-order valence-electron chi connectivity index (χ0n) is 13.0. The second-order valence-corrected chi connectivity index (χ2v) is 6.22. The highest BCUT2D eigenvalue weighted by molar-refractivity contribution is 5.48. The summed E-state index contributed by atoms with van der Waals surface area (Å²) in [5, 5.41) is 0. The van der Waals surface area contributed by atoms with Gasteiger partial charge in [-0.2, -0.15) is 13.2 Å². The molecule has 1 aromatic carbocycles. The van der Waals surface area contributed by atoms with Crippen molar-refractivity contribution < 1.29 is 13.2 Å². The van der Waals surface area contributed by atoms with E-state index in [9.17, 15) is 13.2 Å². The van der Waals surface area contributed by atoms with Gasteiger partial charge in [-0.25, -0.2) is 0 Å². The van der Waals surface area contributed by atoms with Crippen molar-refractivity contribution in [1.29, 1.82) is 0 Å². The Kier molecular flexibility index (Phi) is 4.51. The monoisotopic (exact) mass is 300 g/mol. The van der Waals surface area contributed by atoms with Crippen LogP contribution in [-0.4, -0.2) is 37.6 Å². The molecule has 3 unspecified atom stereocenters. The van der Waals surface area contributed by atoms with Crippen LogP contribution >= 0.6 is 0 Å². The van der Waals surface area contributed by atoms with Gasteiger partial charge in [-0.05, 0) is 50.6 Å². The summed E-state index contributed by atoms with van der Waals surface area (Å²) in [6, 6.07) is 6.30. The molecule has 2 rings (SSSR count). The van der Waals surface area contributed by atoms with E-state index in [1.807, 2.05) is 7.05 Å². The van der Waals surface area contributed by atoms with E-state index in [2.05, 4.69) is 30.7 Å². The molecule has 0 amide bonds. The van der Waals surface area contributed by atoms with Crippen LogP contribution < -0.4 is 4.90 Å². The molecule has 21 heavy (non-hydrogen) atoms. The average molecular weight is 300 g/mol. The van der Waals surface area contributed by atoms with Crippen LogP contribution in [0.15, 0.2) is 24.3 Å². The van der Waals surface area contributed by atoms with Crippen molar-refractivity contribution in [2.45, 2.75) is 38.5 Å². The van der Waals surface area contributed by atoms with Gasteiger partial charge in [0, 0.05) is 31.4 Å². The van der Waals surface area contributed by atoms with Crippen molar-refractivity contribution in [2.24, 2.45) is 5.92 Å². The number of halogens is 3. The summed E-state index contributed by atoms with van der Waals surface area (Å²) in [7, 11) is 4.09. The lowest BCUT2D eigenvalue weighted by Gasteiger charge is -2.44. The smallest absolute Gasteiger partial charge is 0.371 e. The topological polar surface area (TPSA) is 6.48 Å². The molecule has 0 N–H and O–H groups in total. The fraction of sp³-hybridized carbons (Fsp3) is 0.625. The molecule has 3 atom stereocenters. The summed E-state index contributed by atoms with van der Waals surface area (Å²) in [5.41, 5.74) is 0.251. The van der Waals surface area contributed by atoms with E-state index in [-0.39, 0.29) is 0 Å². The first-order valence-corrected chi connectivity index (χ1v) is 7.30. The zero-order chi connectivity index (χ0) is 15.8. The number of rotatable bonds is 2. The summed E-state index contributed by atoms with van der Waals surface area (Å²) in [6.07, 6.45) is -3.25. The average Bonchev–Trinajstić information content (AvgIpc) is 2.41. The Hall–Kier alpha value is -1.23. The van der Waals surface area contributed by atoms with Crippen LogP contribution in [0.2, 0.25) is 0 Å². The van der Waals surface area contributed by atoms with Gasteiger partial charge in [0.2, 0.25) is 0 Å². The highest BCUT2D eigenvalue weighted by Gasteiger charge is 2.33. The van der Waals surface area contributed by atoms with Gasteiger partial charge in [0.05, 0.1) is 5.56 Å². The molecule has 0 aromatic heterocycles. The molecule has 1 fully saturated rings. The number of benzene rings is 1. The summed E-state index contributed by atoms with van der Waals surface area (Å²) < 4.78 is 37.8. The highest BCUT2D eigenvalue weighted by atomic mass is 19.4. The summed E-state index contributed by atoms with van der Waals surface area (Å²) >= 11 is 0. The van der Waals surface area contributed by atoms with Gasteiger partial charge in [0.15, 0.2) is 0 Å². The van der Waals surface area contributed by atoms with Crippen LogP contribution in [0.4, 0.5) is 18.9 Å². The number of nitrogens with zero attached hydrogens (tertiary/aromatic N) is 2. The second kappa shape index (κ2) is 5.87. The van der Waals surface area contributed by atoms with Gasteiger partial charge in [0.1, 0.15) is 0 Å². The van der Waals surface area contributed by atoms with Gasteiger partial charge in [-0.3, -0.25) is 0 Å². The molecule has 1 aromatic rings. The Morgan fingerprint density at radius 3 is 2.24 bits per heavy atom. The first-order chi connectivity index (χ1) is 9.70. The van der Waals surface area contributed by atoms with E-state index in [0.29, 0.717) is 18.0 Å². The number of likely N-dealkylation sites (tertiary alicyclic amines) is 1. The molecule has 1 aliphatic rings. The minimum Gasteiger partial charge on any atom is -0.371 e. The van der Waals surface area contributed by atoms with Crippen LogP contribution in [0.1, 0.15) is 25.8 Å². The lowest BCUT2D eigenvalue weighted by Crippen LogP contribution is -2.51. The lowest BCUT2D eigenvalue weighted by molar-refractivity contribution is -0.137. The Morgan fingerprint density at radius 2 is 1.71 bits per heavy atom. The lowest BCUT2D eigenvalue weighted by atomic mass is 9.88. The van der Waals surface area contributed by atoms with Crippen molar-refractivity contribution in [2.75, 3.05) is 25.5 Å². The normalized spacial score (nSPS) is 27.7. The minimum atomic E-state index is -4.27. The quantitative estimate of drug-likeness (QED) is 0.818. The Morgan fingerprint density at radius 1 is 1.14 bits per heavy atom. The maximum absolute atomic E-state index is 12.6. The van der Waals surface area contributed by atoms with Gasteiger partial charge in [-0.1, -0.05) is 6.92 Å². The molecule has 0 bridgehead atoms. The number of hydrogen-bond donors (Lipinski definition) is 0. The van der Waals surface area contributed by atoms with Crippen molar-refractivity contribution >= 4 is 5.69 Å². The number of anilines is 1. The summed E-state index contributed by atoms with van der Waals surface area (Å²) in [4.78, 5) is 4.45. The van der Waals surface area contributed by atoms with E-state index < -0.39 is 11.7 Å². The minimum absolute atomic E-state index is 0.355. The second-order valence-electron chi connectivity index (χ2n) is 6.22. The van der Waals surface area contributed by atoms with E-state index >= 15 is 0 Å². The Bertz CT molecular complexity index is 469. The largest absolute Gasteiger partial charge is 0.416 e. The SMILES string of the molecule is CC1CN(C)C(C)CC1N(C)c1ccc(C(F)(F)F)cc1. The highest BCUT2D eigenvalue weighted by Crippen LogP contribution is 2.32. The number of hydrogen-bond acceptors (Lipinski definition) is 2. The Balaban J connectivity index is 2.14. The first kappa shape index (κ1) is 16.1. The van der Waals surface area contributed by atoms with Gasteiger partial charge in [-0.15, -0.1) is 0 Å². The first-order valence-electron chi connectivity index (χ1n) is 7.30. The fourth-order valence-electron chi connectivity index (χ4n) is 3.13. The van der Waals surface area contributed by atoms with Crippen LogP contribution in [0, 0.1) is 5.92 Å². The van der Waals surface area contributed by atoms with Crippen molar-refractivity contribution in [3.8, 4) is 0 Å². The molecule has 0 saturated carbocycles. The molecule has 0 aliphatic carbocycles. The van der Waals surface area contributed by atoms with Crippen LogP contribution in [0.25, 0.3) is 0 Å². The maximum Gasteiger partial charge on any atom is 0.416 e. The third-order valence-electron chi connectivity index (χ3n) is 4.67. The molecule has 1 heterocycles. The predicted molar refractivity (Wildman–Crippen MR) is 79.5 cm³/mol. The van der Waals surface area contributed by atoms with Gasteiger partial charge < -0.3 is 9.80 Å². The molecule has 2 nitrogen and oxygen atoms in total. The van der Waals surface area contributed by atoms with E-state index in [1.165, 1.54) is 0 Å². The predicted octanol–water partition coefficient (Wildman–Crippen LogP) is 3.87. The maximum atomic E-state index is 12.6. The van der Waals surface area contributed by atoms with Crippen molar-refractivity contribution in [3.05, 3.63) is 29.8 Å². The molecule has 1 saturated heterocycles. The van der Waals surface area contributed by atoms with E-state index in [1.54, 1.807) is 12.1 Å². The molecular weight excluding hydrogens is 277 g/mol. The molecule has 5 heteroatoms. The molecule has 1 aliphatic heterocycles. The number of alkyl halides is 3. The number of piperidine rings is 1. The van der Waals surface area contributed by atoms with Gasteiger partial charge >= 0.3 is 6.18 Å². The standard InChI is InChI=1S/C16H23F3N2/c1-11-10-20(3)12(2)9-15(11)21(4)14-7-5-13(6-8-14)16(17,18)19/h5-8,11-12,15H,9-10H2,1-4H3. The van der Waals surface area contributed by atoms with Gasteiger partial charge in [0.25, 0.3) is 0 Å². The Labute approximate surface area is 124 Å². The molecular formula is C16H23F3N2. The van der Waals surface area contributed by atoms with E-state index in [0.717, 1.165) is 30.8 Å². The fourth-order valence-corrected chi connectivity index (χ4v) is 3.13. The van der Waals surface area contributed by atoms with Crippen molar-refractivity contribution in [3.63, 3.8) is 0 Å². The third-order valence-corrected chi connectivity index (χ3v) is 4.67. The van der Waals surface area contributed by atoms with Crippen LogP contribution in [0.5, 0.6) is 0 Å². The van der Waals surface area contributed by atoms with Crippen LogP contribution in [0.3, 0.4) is 0 Å². The summed E-state index contributed by atoms with van der Waals surface area (Å²) in [5.74, 6) is 0.485. The molecule has 118 valence electrons. The molecule has 0 spiro atoms. The molecule has 0 radical (unpaired) electrons. The third kappa shape index (κ3) is 3.51. The summed E-state index contributed by atoms with van der Waals surface area (Å²) in [6.45, 7) is 5.41. The zero-order valence-corrected chi connectivity index (χ0v) is 13.0. The van der Waals surface area contributed by atoms with Crippen molar-refractivity contribution in [1.82, 2.24) is 4.90 Å².